The second-order valence-corrected chi connectivity index (χ2v) is 8.66. The topological polar surface area (TPSA) is 113 Å². The number of aliphatic carboxylic acids is 2. The van der Waals surface area contributed by atoms with Crippen molar-refractivity contribution in [3.63, 3.8) is 0 Å². The van der Waals surface area contributed by atoms with Crippen molar-refractivity contribution in [2.75, 3.05) is 0 Å². The Bertz CT molecular complexity index is 1230. The van der Waals surface area contributed by atoms with Gasteiger partial charge in [0.15, 0.2) is 0 Å². The minimum absolute atomic E-state index is 0.385. The van der Waals surface area contributed by atoms with Crippen molar-refractivity contribution < 1.29 is 19.8 Å². The van der Waals surface area contributed by atoms with Crippen LogP contribution in [0, 0.1) is 0 Å². The van der Waals surface area contributed by atoms with Crippen LogP contribution in [0.3, 0.4) is 0 Å². The summed E-state index contributed by atoms with van der Waals surface area (Å²) in [6.07, 6.45) is 0.856. The highest BCUT2D eigenvalue weighted by Crippen LogP contribution is 2.19. The Morgan fingerprint density at radius 2 is 1.05 bits per heavy atom. The minimum atomic E-state index is -0.959. The fourth-order valence-corrected chi connectivity index (χ4v) is 3.74. The Labute approximate surface area is 217 Å². The highest BCUT2D eigenvalue weighted by Gasteiger charge is 2.17. The first-order chi connectivity index (χ1) is 17.9. The van der Waals surface area contributed by atoms with Crippen molar-refractivity contribution in [2.24, 2.45) is 5.73 Å². The Kier molecular flexibility index (Phi) is 10.6. The Morgan fingerprint density at radius 1 is 0.595 bits per heavy atom. The van der Waals surface area contributed by atoms with Crippen LogP contribution in [0.5, 0.6) is 0 Å². The number of carbonyl (C=O) groups is 2. The van der Waals surface area contributed by atoms with Gasteiger partial charge in [0.2, 0.25) is 0 Å². The molecule has 0 aliphatic heterocycles. The monoisotopic (exact) mass is 496 g/mol. The third kappa shape index (κ3) is 9.37. The van der Waals surface area contributed by atoms with E-state index in [1.807, 2.05) is 91.0 Å². The molecule has 0 spiro atoms. The first kappa shape index (κ1) is 27.3. The normalized spacial score (nSPS) is 12.0. The average molecular weight is 497 g/mol. The molecule has 0 heterocycles. The molecule has 0 aliphatic rings. The fourth-order valence-electron chi connectivity index (χ4n) is 3.74. The summed E-state index contributed by atoms with van der Waals surface area (Å²) in [4.78, 5) is 21.9. The smallest absolute Gasteiger partial charge is 0.321 e. The molecule has 4 aromatic rings. The van der Waals surface area contributed by atoms with Gasteiger partial charge in [0.05, 0.1) is 0 Å². The van der Waals surface area contributed by atoms with Gasteiger partial charge < -0.3 is 21.3 Å². The number of hydrogen-bond acceptors (Lipinski definition) is 4. The molecule has 0 aliphatic carbocycles. The van der Waals surface area contributed by atoms with E-state index in [0.29, 0.717) is 19.4 Å². The van der Waals surface area contributed by atoms with Gasteiger partial charge in [0, 0.05) is 6.54 Å². The molecule has 0 amide bonds. The van der Waals surface area contributed by atoms with E-state index in [1.54, 1.807) is 0 Å². The van der Waals surface area contributed by atoms with Crippen molar-refractivity contribution in [1.29, 1.82) is 0 Å². The maximum atomic E-state index is 11.5. The van der Waals surface area contributed by atoms with E-state index in [9.17, 15) is 14.7 Å². The van der Waals surface area contributed by atoms with E-state index in [0.717, 1.165) is 22.3 Å². The van der Waals surface area contributed by atoms with Crippen LogP contribution in [-0.4, -0.2) is 34.2 Å². The number of carboxylic acid groups (broad SMARTS) is 2. The number of rotatable bonds is 10. The van der Waals surface area contributed by atoms with Crippen LogP contribution >= 0.6 is 0 Å². The average Bonchev–Trinajstić information content (AvgIpc) is 2.93. The van der Waals surface area contributed by atoms with Gasteiger partial charge in [0.1, 0.15) is 12.1 Å². The number of nitrogens with one attached hydrogen (secondary N) is 1. The summed E-state index contributed by atoms with van der Waals surface area (Å²) in [5.41, 5.74) is 10.7. The molecule has 2 unspecified atom stereocenters. The zero-order valence-corrected chi connectivity index (χ0v) is 20.5. The molecule has 0 saturated heterocycles. The zero-order valence-electron chi connectivity index (χ0n) is 20.5. The van der Waals surface area contributed by atoms with Gasteiger partial charge in [-0.25, -0.2) is 0 Å². The summed E-state index contributed by atoms with van der Waals surface area (Å²) in [7, 11) is 0. The molecule has 0 radical (unpaired) electrons. The molecule has 0 aromatic heterocycles. The number of carboxylic acids is 2. The lowest BCUT2D eigenvalue weighted by molar-refractivity contribution is -0.140. The molecular formula is C31H32N2O4. The van der Waals surface area contributed by atoms with Crippen molar-refractivity contribution in [1.82, 2.24) is 5.32 Å². The minimum Gasteiger partial charge on any atom is -0.480 e. The Hall–Kier alpha value is -4.26. The van der Waals surface area contributed by atoms with Gasteiger partial charge in [-0.2, -0.15) is 0 Å². The van der Waals surface area contributed by atoms with Crippen molar-refractivity contribution in [3.8, 4) is 11.1 Å². The molecule has 5 N–H and O–H groups in total. The van der Waals surface area contributed by atoms with E-state index < -0.39 is 24.0 Å². The number of nitrogens with two attached hydrogens (primary N) is 1. The lowest BCUT2D eigenvalue weighted by atomic mass is 10.0. The van der Waals surface area contributed by atoms with Crippen molar-refractivity contribution >= 4 is 11.9 Å². The van der Waals surface area contributed by atoms with Crippen LogP contribution in [-0.2, 0) is 29.0 Å². The van der Waals surface area contributed by atoms with Crippen LogP contribution in [0.1, 0.15) is 16.7 Å². The summed E-state index contributed by atoms with van der Waals surface area (Å²) in [6, 6.07) is 36.0. The molecular weight excluding hydrogens is 464 g/mol. The highest BCUT2D eigenvalue weighted by molar-refractivity contribution is 5.74. The molecule has 37 heavy (non-hydrogen) atoms. The van der Waals surface area contributed by atoms with Crippen LogP contribution in [0.25, 0.3) is 11.1 Å². The van der Waals surface area contributed by atoms with Crippen molar-refractivity contribution in [3.05, 3.63) is 132 Å². The van der Waals surface area contributed by atoms with Gasteiger partial charge in [0.25, 0.3) is 0 Å². The second-order valence-electron chi connectivity index (χ2n) is 8.66. The Morgan fingerprint density at radius 3 is 1.54 bits per heavy atom. The summed E-state index contributed by atoms with van der Waals surface area (Å²) >= 11 is 0. The third-order valence-electron chi connectivity index (χ3n) is 5.81. The lowest BCUT2D eigenvalue weighted by Gasteiger charge is -2.15. The maximum absolute atomic E-state index is 11.5. The highest BCUT2D eigenvalue weighted by atomic mass is 16.4. The van der Waals surface area contributed by atoms with Crippen LogP contribution in [0.2, 0.25) is 0 Å². The standard InChI is InChI=1S/C22H21NO2.C9H11NO2/c24-22(25)21(15-17-7-3-1-4-8-17)23-16-18-11-13-20(14-12-18)19-9-5-2-6-10-19;10-8(9(11)12)6-7-4-2-1-3-5-7/h1-14,21,23H,15-16H2,(H,24,25);1-5,8H,6,10H2,(H,11,12). The Balaban J connectivity index is 0.000000266. The van der Waals surface area contributed by atoms with E-state index in [4.69, 9.17) is 10.8 Å². The predicted octanol–water partition coefficient (Wildman–Crippen LogP) is 4.78. The molecule has 4 rings (SSSR count). The van der Waals surface area contributed by atoms with E-state index in [1.165, 1.54) is 5.56 Å². The first-order valence-electron chi connectivity index (χ1n) is 12.1. The molecule has 6 nitrogen and oxygen atoms in total. The third-order valence-corrected chi connectivity index (χ3v) is 5.81. The molecule has 2 atom stereocenters. The van der Waals surface area contributed by atoms with E-state index in [2.05, 4.69) is 29.6 Å². The lowest BCUT2D eigenvalue weighted by Crippen LogP contribution is -2.38. The number of hydrogen-bond donors (Lipinski definition) is 4. The molecule has 0 saturated carbocycles. The summed E-state index contributed by atoms with van der Waals surface area (Å²) < 4.78 is 0. The first-order valence-corrected chi connectivity index (χ1v) is 12.1. The van der Waals surface area contributed by atoms with Gasteiger partial charge in [-0.3, -0.25) is 9.59 Å². The van der Waals surface area contributed by atoms with Gasteiger partial charge in [-0.05, 0) is 40.7 Å². The second kappa shape index (κ2) is 14.3. The molecule has 0 bridgehead atoms. The molecule has 6 heteroatoms. The summed E-state index contributed by atoms with van der Waals surface area (Å²) in [5.74, 6) is -1.79. The largest absolute Gasteiger partial charge is 0.480 e. The number of benzene rings is 4. The van der Waals surface area contributed by atoms with Gasteiger partial charge in [-0.15, -0.1) is 0 Å². The molecule has 190 valence electrons. The summed E-state index contributed by atoms with van der Waals surface area (Å²) in [5, 5.41) is 21.1. The SMILES string of the molecule is NC(Cc1ccccc1)C(=O)O.O=C(O)C(Cc1ccccc1)NCc1ccc(-c2ccccc2)cc1. The summed E-state index contributed by atoms with van der Waals surface area (Å²) in [6.45, 7) is 0.527. The quantitative estimate of drug-likeness (QED) is 0.251. The molecule has 4 aromatic carbocycles. The van der Waals surface area contributed by atoms with Crippen LogP contribution < -0.4 is 11.1 Å². The van der Waals surface area contributed by atoms with Crippen LogP contribution in [0.4, 0.5) is 0 Å². The predicted molar refractivity (Wildman–Crippen MR) is 146 cm³/mol. The van der Waals surface area contributed by atoms with Gasteiger partial charge >= 0.3 is 11.9 Å². The van der Waals surface area contributed by atoms with Crippen molar-refractivity contribution in [2.45, 2.75) is 31.5 Å². The zero-order chi connectivity index (χ0) is 26.5. The van der Waals surface area contributed by atoms with Crippen LogP contribution in [0.15, 0.2) is 115 Å². The fraction of sp³-hybridized carbons (Fsp3) is 0.161. The molecule has 0 fully saturated rings. The maximum Gasteiger partial charge on any atom is 0.321 e. The van der Waals surface area contributed by atoms with E-state index >= 15 is 0 Å². The van der Waals surface area contributed by atoms with Gasteiger partial charge in [-0.1, -0.05) is 115 Å². The van der Waals surface area contributed by atoms with E-state index in [-0.39, 0.29) is 0 Å².